The molecule has 2 fully saturated rings. The molecule has 7 rings (SSSR count). The van der Waals surface area contributed by atoms with Gasteiger partial charge in [0.25, 0.3) is 0 Å². The minimum absolute atomic E-state index is 0.123. The predicted molar refractivity (Wildman–Crippen MR) is 206 cm³/mol. The first-order valence-electron chi connectivity index (χ1n) is 18.4. The van der Waals surface area contributed by atoms with E-state index < -0.39 is 52.9 Å². The van der Waals surface area contributed by atoms with Gasteiger partial charge in [0.15, 0.2) is 0 Å². The molecule has 1 aliphatic carbocycles. The van der Waals surface area contributed by atoms with E-state index in [1.165, 1.54) is 6.07 Å². The van der Waals surface area contributed by atoms with E-state index in [1.54, 1.807) is 24.3 Å². The Hall–Kier alpha value is -3.79. The molecule has 4 aromatic carbocycles. The lowest BCUT2D eigenvalue weighted by molar-refractivity contribution is -0.130. The molecule has 0 bridgehead atoms. The van der Waals surface area contributed by atoms with Crippen molar-refractivity contribution >= 4 is 40.7 Å². The molecule has 1 saturated carbocycles. The number of nitrogens with zero attached hydrogens (tertiary/aromatic N) is 1. The number of amides is 2. The minimum Gasteiger partial charge on any atom is -0.393 e. The molecule has 0 aromatic heterocycles. The second-order valence-corrected chi connectivity index (χ2v) is 16.9. The summed E-state index contributed by atoms with van der Waals surface area (Å²) in [6.07, 6.45) is 1.02. The van der Waals surface area contributed by atoms with E-state index in [1.807, 2.05) is 71.6 Å². The lowest BCUT2D eigenvalue weighted by Gasteiger charge is -2.44. The fourth-order valence-electron chi connectivity index (χ4n) is 9.21. The van der Waals surface area contributed by atoms with E-state index >= 15 is 14.0 Å². The highest BCUT2D eigenvalue weighted by Gasteiger charge is 2.70. The monoisotopic (exact) mass is 757 g/mol. The number of anilines is 1. The fraction of sp³-hybridized carbons (Fsp3) is 0.395. The highest BCUT2D eigenvalue weighted by atomic mass is 35.5. The molecule has 4 N–H and O–H groups in total. The Labute approximate surface area is 320 Å². The van der Waals surface area contributed by atoms with Crippen molar-refractivity contribution in [2.75, 3.05) is 5.32 Å². The molecule has 1 spiro atoms. The molecule has 3 aliphatic rings. The lowest BCUT2D eigenvalue weighted by Crippen LogP contribution is -2.54. The molecule has 6 atom stereocenters. The van der Waals surface area contributed by atoms with Crippen LogP contribution < -0.4 is 10.6 Å². The minimum atomic E-state index is -1.53. The summed E-state index contributed by atoms with van der Waals surface area (Å²) in [4.78, 5) is 32.6. The van der Waals surface area contributed by atoms with Gasteiger partial charge >= 0.3 is 0 Å². The Kier molecular flexibility index (Phi) is 10.5. The van der Waals surface area contributed by atoms with Crippen molar-refractivity contribution in [3.63, 3.8) is 0 Å². The zero-order valence-corrected chi connectivity index (χ0v) is 31.6. The molecule has 0 unspecified atom stereocenters. The zero-order chi connectivity index (χ0) is 37.7. The number of benzene rings is 4. The Morgan fingerprint density at radius 2 is 1.58 bits per heavy atom. The number of fused-ring (bicyclic) bond motifs is 2. The van der Waals surface area contributed by atoms with Crippen LogP contribution >= 0.6 is 23.2 Å². The van der Waals surface area contributed by atoms with Crippen LogP contribution in [0.5, 0.6) is 0 Å². The van der Waals surface area contributed by atoms with Crippen molar-refractivity contribution in [3.8, 4) is 0 Å². The number of carbonyl (C=O) groups is 2. The molecule has 0 radical (unpaired) electrons. The number of aliphatic hydroxyl groups excluding tert-OH is 2. The van der Waals surface area contributed by atoms with Crippen LogP contribution in [0.1, 0.15) is 93.2 Å². The smallest absolute Gasteiger partial charge is 0.238 e. The number of halogens is 3. The molecule has 2 amide bonds. The summed E-state index contributed by atoms with van der Waals surface area (Å²) in [6, 6.07) is 25.7. The Morgan fingerprint density at radius 3 is 2.23 bits per heavy atom. The number of nitrogens with one attached hydrogen (secondary N) is 2. The van der Waals surface area contributed by atoms with Gasteiger partial charge in [-0.3, -0.25) is 14.5 Å². The van der Waals surface area contributed by atoms with Gasteiger partial charge in [0.1, 0.15) is 11.2 Å². The normalized spacial score (nSPS) is 26.9. The standard InChI is InChI=1S/C43H46Cl2FN3O4/c1-42(2,3)24-34-43(31-22-17-27(44)23-33(31)48-41(43)53)35(30-15-10-16-32(45)36(30)46)38(40(52)47-28-18-20-29(50)21-19-28)49(34)37(25-11-6-4-7-12-25)39(51)26-13-8-5-9-14-26/h4-17,22-23,28-29,34-35,37-39,50-51H,18-21,24H2,1-3H3,(H,47,52)(H,48,53)/t28?,29?,34-,35+,37-,38-,39+,43+/m1/s1. The van der Waals surface area contributed by atoms with Crippen LogP contribution in [0.25, 0.3) is 0 Å². The fourth-order valence-corrected chi connectivity index (χ4v) is 9.56. The van der Waals surface area contributed by atoms with Crippen molar-refractivity contribution < 1.29 is 24.2 Å². The first-order chi connectivity index (χ1) is 25.3. The average molecular weight is 759 g/mol. The number of hydrogen-bond donors (Lipinski definition) is 4. The molecule has 53 heavy (non-hydrogen) atoms. The zero-order valence-electron chi connectivity index (χ0n) is 30.1. The molecule has 4 aromatic rings. The average Bonchev–Trinajstić information content (AvgIpc) is 3.57. The van der Waals surface area contributed by atoms with Crippen LogP contribution in [0.4, 0.5) is 10.1 Å². The molecule has 1 saturated heterocycles. The largest absolute Gasteiger partial charge is 0.393 e. The summed E-state index contributed by atoms with van der Waals surface area (Å²) in [6.45, 7) is 6.24. The third-order valence-electron chi connectivity index (χ3n) is 11.4. The summed E-state index contributed by atoms with van der Waals surface area (Å²) in [5.41, 5.74) is 0.657. The highest BCUT2D eigenvalue weighted by Crippen LogP contribution is 2.63. The summed E-state index contributed by atoms with van der Waals surface area (Å²) in [7, 11) is 0. The van der Waals surface area contributed by atoms with E-state index in [-0.39, 0.29) is 28.4 Å². The summed E-state index contributed by atoms with van der Waals surface area (Å²) in [5, 5.41) is 29.6. The van der Waals surface area contributed by atoms with Crippen LogP contribution in [-0.4, -0.2) is 51.2 Å². The number of hydrogen-bond acceptors (Lipinski definition) is 5. The van der Waals surface area contributed by atoms with Gasteiger partial charge in [0.2, 0.25) is 11.8 Å². The molecular formula is C43H46Cl2FN3O4. The van der Waals surface area contributed by atoms with Gasteiger partial charge in [-0.05, 0) is 78.0 Å². The van der Waals surface area contributed by atoms with Crippen molar-refractivity contribution in [2.24, 2.45) is 5.41 Å². The van der Waals surface area contributed by atoms with E-state index in [0.29, 0.717) is 53.9 Å². The van der Waals surface area contributed by atoms with Crippen molar-refractivity contribution in [1.29, 1.82) is 0 Å². The van der Waals surface area contributed by atoms with E-state index in [0.717, 1.165) is 5.56 Å². The van der Waals surface area contributed by atoms with Gasteiger partial charge in [-0.1, -0.05) is 123 Å². The van der Waals surface area contributed by atoms with Gasteiger partial charge in [0.05, 0.1) is 29.3 Å². The van der Waals surface area contributed by atoms with Crippen LogP contribution in [0, 0.1) is 11.2 Å². The maximum atomic E-state index is 16.8. The Balaban J connectivity index is 1.56. The van der Waals surface area contributed by atoms with E-state index in [2.05, 4.69) is 31.4 Å². The maximum Gasteiger partial charge on any atom is 0.238 e. The Bertz CT molecular complexity index is 1970. The second-order valence-electron chi connectivity index (χ2n) is 16.0. The van der Waals surface area contributed by atoms with E-state index in [4.69, 9.17) is 23.2 Å². The van der Waals surface area contributed by atoms with Crippen molar-refractivity contribution in [3.05, 3.63) is 135 Å². The quantitative estimate of drug-likeness (QED) is 0.145. The SMILES string of the molecule is CC(C)(C)C[C@H]1N([C@H](c2ccccc2)[C@@H](O)c2ccccc2)[C@@H](C(=O)NC2CCC(O)CC2)[C@H](c2cccc(Cl)c2F)[C@@]12C(=O)Nc1cc(Cl)ccc12. The van der Waals surface area contributed by atoms with Gasteiger partial charge in [0, 0.05) is 28.7 Å². The molecule has 7 nitrogen and oxygen atoms in total. The third kappa shape index (κ3) is 6.89. The van der Waals surface area contributed by atoms with Crippen molar-refractivity contribution in [2.45, 2.75) is 101 Å². The summed E-state index contributed by atoms with van der Waals surface area (Å²) < 4.78 is 16.8. The number of rotatable bonds is 8. The number of likely N-dealkylation sites (tertiary alicyclic amines) is 1. The highest BCUT2D eigenvalue weighted by molar-refractivity contribution is 6.31. The summed E-state index contributed by atoms with van der Waals surface area (Å²) in [5.74, 6) is -2.57. The van der Waals surface area contributed by atoms with Crippen molar-refractivity contribution in [1.82, 2.24) is 10.2 Å². The molecule has 2 aliphatic heterocycles. The van der Waals surface area contributed by atoms with Gasteiger partial charge in [-0.15, -0.1) is 0 Å². The first-order valence-corrected chi connectivity index (χ1v) is 19.2. The van der Waals surface area contributed by atoms with Crippen LogP contribution in [0.15, 0.2) is 97.1 Å². The maximum absolute atomic E-state index is 16.8. The van der Waals surface area contributed by atoms with Crippen LogP contribution in [-0.2, 0) is 15.0 Å². The van der Waals surface area contributed by atoms with Gasteiger partial charge in [-0.2, -0.15) is 0 Å². The van der Waals surface area contributed by atoms with Crippen LogP contribution in [0.2, 0.25) is 10.0 Å². The molecule has 278 valence electrons. The predicted octanol–water partition coefficient (Wildman–Crippen LogP) is 8.49. The first kappa shape index (κ1) is 37.5. The van der Waals surface area contributed by atoms with Gasteiger partial charge < -0.3 is 20.8 Å². The van der Waals surface area contributed by atoms with E-state index in [9.17, 15) is 10.2 Å². The lowest BCUT2D eigenvalue weighted by atomic mass is 9.62. The number of aliphatic hydroxyl groups is 2. The molecule has 10 heteroatoms. The van der Waals surface area contributed by atoms with Gasteiger partial charge in [-0.25, -0.2) is 4.39 Å². The molecule has 2 heterocycles. The Morgan fingerprint density at radius 1 is 0.943 bits per heavy atom. The third-order valence-corrected chi connectivity index (χ3v) is 11.9. The van der Waals surface area contributed by atoms with Crippen LogP contribution in [0.3, 0.4) is 0 Å². The number of carbonyl (C=O) groups excluding carboxylic acids is 2. The summed E-state index contributed by atoms with van der Waals surface area (Å²) >= 11 is 13.1. The second kappa shape index (κ2) is 14.8. The topological polar surface area (TPSA) is 102 Å². The molecular weight excluding hydrogens is 712 g/mol.